The molecule has 0 bridgehead atoms. The zero-order valence-electron chi connectivity index (χ0n) is 11.1. The monoisotopic (exact) mass is 248 g/mol. The predicted molar refractivity (Wildman–Crippen MR) is 67.8 cm³/mol. The fraction of sp³-hybridized carbons (Fsp3) is 0.455. The number of nitrogens with zero attached hydrogens (tertiary/aromatic N) is 5. The number of carbonyl (C=O) groups excluding carboxylic acids is 1. The van der Waals surface area contributed by atoms with Crippen LogP contribution < -0.4 is 5.32 Å². The van der Waals surface area contributed by atoms with Crippen LogP contribution in [0.15, 0.2) is 0 Å². The molecule has 18 heavy (non-hydrogen) atoms. The molecule has 0 spiro atoms. The highest BCUT2D eigenvalue weighted by Gasteiger charge is 2.19. The third-order valence-corrected chi connectivity index (χ3v) is 2.93. The summed E-state index contributed by atoms with van der Waals surface area (Å²) >= 11 is 0. The molecule has 2 rings (SSSR count). The Hall–Kier alpha value is -2.18. The van der Waals surface area contributed by atoms with Gasteiger partial charge >= 0.3 is 0 Å². The first kappa shape index (κ1) is 12.3. The van der Waals surface area contributed by atoms with E-state index in [4.69, 9.17) is 0 Å². The Morgan fingerprint density at radius 1 is 1.22 bits per heavy atom. The van der Waals surface area contributed by atoms with Gasteiger partial charge in [0.05, 0.1) is 0 Å². The van der Waals surface area contributed by atoms with Crippen molar-refractivity contribution in [2.45, 2.75) is 13.8 Å². The molecule has 7 nitrogen and oxygen atoms in total. The van der Waals surface area contributed by atoms with Gasteiger partial charge in [-0.3, -0.25) is 4.79 Å². The van der Waals surface area contributed by atoms with Crippen molar-refractivity contribution in [3.05, 3.63) is 16.8 Å². The highest BCUT2D eigenvalue weighted by atomic mass is 16.2. The van der Waals surface area contributed by atoms with Crippen molar-refractivity contribution in [2.24, 2.45) is 0 Å². The van der Waals surface area contributed by atoms with Crippen LogP contribution >= 0.6 is 0 Å². The molecule has 96 valence electrons. The van der Waals surface area contributed by atoms with E-state index in [0.717, 1.165) is 11.1 Å². The first-order valence-electron chi connectivity index (χ1n) is 5.59. The Bertz CT molecular complexity index is 616. The normalized spacial score (nSPS) is 10.7. The molecule has 0 aliphatic carbocycles. The molecule has 0 aliphatic heterocycles. The Morgan fingerprint density at radius 2 is 1.89 bits per heavy atom. The van der Waals surface area contributed by atoms with Crippen LogP contribution in [0.2, 0.25) is 0 Å². The van der Waals surface area contributed by atoms with Crippen LogP contribution in [-0.4, -0.2) is 51.8 Å². The van der Waals surface area contributed by atoms with E-state index in [0.29, 0.717) is 17.3 Å². The molecule has 0 aliphatic rings. The molecule has 1 N–H and O–H groups in total. The maximum absolute atomic E-state index is 12.1. The fourth-order valence-electron chi connectivity index (χ4n) is 1.70. The van der Waals surface area contributed by atoms with Gasteiger partial charge in [-0.1, -0.05) is 0 Å². The lowest BCUT2D eigenvalue weighted by molar-refractivity contribution is 0.0819. The summed E-state index contributed by atoms with van der Waals surface area (Å²) in [5, 5.41) is 15.3. The van der Waals surface area contributed by atoms with Gasteiger partial charge in [0, 0.05) is 26.7 Å². The maximum atomic E-state index is 12.1. The van der Waals surface area contributed by atoms with Crippen molar-refractivity contribution < 1.29 is 4.79 Å². The van der Waals surface area contributed by atoms with Crippen LogP contribution in [0, 0.1) is 13.8 Å². The van der Waals surface area contributed by atoms with Crippen LogP contribution in [0.25, 0.3) is 5.65 Å². The molecule has 0 atom stereocenters. The first-order chi connectivity index (χ1) is 8.47. The molecule has 1 amide bonds. The molecule has 2 heterocycles. The van der Waals surface area contributed by atoms with Gasteiger partial charge in [0.25, 0.3) is 5.91 Å². The lowest BCUT2D eigenvalue weighted by atomic mass is 10.1. The Morgan fingerprint density at radius 3 is 2.44 bits per heavy atom. The van der Waals surface area contributed by atoms with E-state index < -0.39 is 0 Å². The standard InChI is InChI=1S/C11H16N6O/c1-6-7(2)9-13-14-11(12-3)17(9)15-8(6)10(18)16(4)5/h1-5H3,(H,12,14). The van der Waals surface area contributed by atoms with E-state index in [1.54, 1.807) is 25.7 Å². The molecule has 7 heteroatoms. The van der Waals surface area contributed by atoms with Crippen molar-refractivity contribution >= 4 is 17.5 Å². The fourth-order valence-corrected chi connectivity index (χ4v) is 1.70. The number of hydrogen-bond donors (Lipinski definition) is 1. The zero-order chi connectivity index (χ0) is 13.4. The van der Waals surface area contributed by atoms with E-state index in [9.17, 15) is 4.79 Å². The van der Waals surface area contributed by atoms with Gasteiger partial charge in [-0.05, 0) is 19.4 Å². The van der Waals surface area contributed by atoms with E-state index in [-0.39, 0.29) is 5.91 Å². The molecular formula is C11H16N6O. The average molecular weight is 248 g/mol. The summed E-state index contributed by atoms with van der Waals surface area (Å²) in [6, 6.07) is 0. The van der Waals surface area contributed by atoms with E-state index >= 15 is 0 Å². The molecule has 0 radical (unpaired) electrons. The second-order valence-corrected chi connectivity index (χ2v) is 4.31. The van der Waals surface area contributed by atoms with Gasteiger partial charge in [-0.15, -0.1) is 10.2 Å². The van der Waals surface area contributed by atoms with E-state index in [1.807, 2.05) is 13.8 Å². The van der Waals surface area contributed by atoms with Crippen molar-refractivity contribution in [1.82, 2.24) is 24.7 Å². The van der Waals surface area contributed by atoms with Crippen molar-refractivity contribution in [3.63, 3.8) is 0 Å². The largest absolute Gasteiger partial charge is 0.356 e. The lowest BCUT2D eigenvalue weighted by Crippen LogP contribution is -2.25. The van der Waals surface area contributed by atoms with Crippen LogP contribution in [0.1, 0.15) is 21.6 Å². The summed E-state index contributed by atoms with van der Waals surface area (Å²) in [5.41, 5.74) is 2.81. The molecule has 0 fully saturated rings. The van der Waals surface area contributed by atoms with Gasteiger partial charge in [0.15, 0.2) is 11.3 Å². The average Bonchev–Trinajstić information content (AvgIpc) is 2.75. The van der Waals surface area contributed by atoms with Gasteiger partial charge in [0.1, 0.15) is 0 Å². The number of aryl methyl sites for hydroxylation is 1. The smallest absolute Gasteiger partial charge is 0.274 e. The summed E-state index contributed by atoms with van der Waals surface area (Å²) in [6.45, 7) is 3.78. The van der Waals surface area contributed by atoms with Crippen LogP contribution in [0.5, 0.6) is 0 Å². The number of anilines is 1. The quantitative estimate of drug-likeness (QED) is 0.836. The zero-order valence-corrected chi connectivity index (χ0v) is 11.1. The van der Waals surface area contributed by atoms with Crippen molar-refractivity contribution in [2.75, 3.05) is 26.5 Å². The Balaban J connectivity index is 2.75. The van der Waals surface area contributed by atoms with Gasteiger partial charge < -0.3 is 10.2 Å². The molecule has 0 saturated heterocycles. The number of amides is 1. The predicted octanol–water partition coefficient (Wildman–Crippen LogP) is 0.485. The molecule has 0 aromatic carbocycles. The number of nitrogens with one attached hydrogen (secondary N) is 1. The molecule has 2 aromatic rings. The van der Waals surface area contributed by atoms with Gasteiger partial charge in [-0.2, -0.15) is 9.61 Å². The second kappa shape index (κ2) is 4.25. The molecule has 0 unspecified atom stereocenters. The Kier molecular flexibility index (Phi) is 2.90. The van der Waals surface area contributed by atoms with E-state index in [1.165, 1.54) is 4.90 Å². The molecular weight excluding hydrogens is 232 g/mol. The number of rotatable bonds is 2. The minimum Gasteiger partial charge on any atom is -0.356 e. The third kappa shape index (κ3) is 1.68. The molecule has 0 saturated carbocycles. The van der Waals surface area contributed by atoms with Gasteiger partial charge in [-0.25, -0.2) is 0 Å². The summed E-state index contributed by atoms with van der Waals surface area (Å²) < 4.78 is 1.55. The third-order valence-electron chi connectivity index (χ3n) is 2.93. The van der Waals surface area contributed by atoms with Crippen LogP contribution in [0.3, 0.4) is 0 Å². The van der Waals surface area contributed by atoms with Crippen molar-refractivity contribution in [1.29, 1.82) is 0 Å². The Labute approximate surface area is 105 Å². The van der Waals surface area contributed by atoms with Crippen LogP contribution in [-0.2, 0) is 0 Å². The summed E-state index contributed by atoms with van der Waals surface area (Å²) in [7, 11) is 5.14. The minimum atomic E-state index is -0.131. The SMILES string of the molecule is CNc1nnc2c(C)c(C)c(C(=O)N(C)C)nn12. The first-order valence-corrected chi connectivity index (χ1v) is 5.59. The minimum absolute atomic E-state index is 0.131. The lowest BCUT2D eigenvalue weighted by Gasteiger charge is -2.13. The van der Waals surface area contributed by atoms with Crippen molar-refractivity contribution in [3.8, 4) is 0 Å². The van der Waals surface area contributed by atoms with E-state index in [2.05, 4.69) is 20.6 Å². The number of fused-ring (bicyclic) bond motifs is 1. The highest BCUT2D eigenvalue weighted by Crippen LogP contribution is 2.18. The topological polar surface area (TPSA) is 75.4 Å². The van der Waals surface area contributed by atoms with Crippen LogP contribution in [0.4, 0.5) is 5.95 Å². The summed E-state index contributed by atoms with van der Waals surface area (Å²) in [4.78, 5) is 13.6. The highest BCUT2D eigenvalue weighted by molar-refractivity contribution is 5.94. The van der Waals surface area contributed by atoms with Gasteiger partial charge in [0.2, 0.25) is 5.95 Å². The summed E-state index contributed by atoms with van der Waals surface area (Å²) in [6.07, 6.45) is 0. The molecule has 2 aromatic heterocycles. The second-order valence-electron chi connectivity index (χ2n) is 4.31. The maximum Gasteiger partial charge on any atom is 0.274 e. The number of hydrogen-bond acceptors (Lipinski definition) is 5. The number of carbonyl (C=O) groups is 1. The number of aromatic nitrogens is 4. The summed E-state index contributed by atoms with van der Waals surface area (Å²) in [5.74, 6) is 0.383.